The summed E-state index contributed by atoms with van der Waals surface area (Å²) in [6, 6.07) is 3.54. The van der Waals surface area contributed by atoms with Crippen LogP contribution in [0.1, 0.15) is 32.5 Å². The first kappa shape index (κ1) is 14.6. The molecule has 0 aromatic carbocycles. The van der Waals surface area contributed by atoms with Gasteiger partial charge in [0.2, 0.25) is 16.9 Å². The van der Waals surface area contributed by atoms with Crippen LogP contribution in [-0.4, -0.2) is 25.0 Å². The van der Waals surface area contributed by atoms with E-state index in [1.165, 1.54) is 16.4 Å². The third-order valence-corrected chi connectivity index (χ3v) is 3.80. The summed E-state index contributed by atoms with van der Waals surface area (Å²) in [6.07, 6.45) is 1.56. The molecule has 0 aliphatic heterocycles. The minimum atomic E-state index is -0.169. The average Bonchev–Trinajstić information content (AvgIpc) is 3.16. The van der Waals surface area contributed by atoms with Gasteiger partial charge in [0, 0.05) is 5.41 Å². The van der Waals surface area contributed by atoms with E-state index in [0.717, 1.165) is 5.82 Å². The normalized spacial score (nSPS) is 12.0. The Morgan fingerprint density at radius 1 is 1.32 bits per heavy atom. The molecule has 0 atom stereocenters. The number of rotatable bonds is 4. The predicted molar refractivity (Wildman–Crippen MR) is 80.4 cm³/mol. The van der Waals surface area contributed by atoms with Crippen molar-refractivity contribution in [3.63, 3.8) is 0 Å². The van der Waals surface area contributed by atoms with Crippen molar-refractivity contribution in [3.05, 3.63) is 30.1 Å². The van der Waals surface area contributed by atoms with Gasteiger partial charge in [-0.2, -0.15) is 4.98 Å². The molecule has 0 amide bonds. The topological polar surface area (TPSA) is 109 Å². The lowest BCUT2D eigenvalue weighted by atomic mass is 9.96. The Morgan fingerprint density at radius 2 is 2.14 bits per heavy atom. The summed E-state index contributed by atoms with van der Waals surface area (Å²) >= 11 is 1.39. The zero-order valence-electron chi connectivity index (χ0n) is 12.5. The van der Waals surface area contributed by atoms with Gasteiger partial charge >= 0.3 is 0 Å². The van der Waals surface area contributed by atoms with E-state index in [1.54, 1.807) is 18.4 Å². The number of nitrogens with zero attached hydrogens (tertiary/aromatic N) is 5. The molecule has 0 aliphatic rings. The van der Waals surface area contributed by atoms with E-state index in [-0.39, 0.29) is 5.41 Å². The summed E-state index contributed by atoms with van der Waals surface area (Å²) in [7, 11) is 0. The summed E-state index contributed by atoms with van der Waals surface area (Å²) < 4.78 is 11.9. The van der Waals surface area contributed by atoms with Crippen LogP contribution in [0.4, 0.5) is 0 Å². The van der Waals surface area contributed by atoms with Gasteiger partial charge in [-0.05, 0) is 12.1 Å². The largest absolute Gasteiger partial charge is 0.461 e. The van der Waals surface area contributed by atoms with Gasteiger partial charge in [-0.15, -0.1) is 10.2 Å². The summed E-state index contributed by atoms with van der Waals surface area (Å²) in [5.41, 5.74) is -0.169. The highest BCUT2D eigenvalue weighted by molar-refractivity contribution is 7.98. The van der Waals surface area contributed by atoms with Gasteiger partial charge in [0.15, 0.2) is 11.6 Å². The van der Waals surface area contributed by atoms with E-state index in [4.69, 9.17) is 14.8 Å². The molecule has 8 nitrogen and oxygen atoms in total. The second-order valence-corrected chi connectivity index (χ2v) is 6.65. The number of hydrogen-bond acceptors (Lipinski definition) is 8. The van der Waals surface area contributed by atoms with Crippen LogP contribution in [0.15, 0.2) is 32.5 Å². The van der Waals surface area contributed by atoms with E-state index >= 15 is 0 Å². The molecule has 0 unspecified atom stereocenters. The second-order valence-electron chi connectivity index (χ2n) is 5.70. The van der Waals surface area contributed by atoms with Gasteiger partial charge < -0.3 is 14.8 Å². The van der Waals surface area contributed by atoms with Crippen molar-refractivity contribution in [3.8, 4) is 11.6 Å². The van der Waals surface area contributed by atoms with Crippen molar-refractivity contribution in [1.29, 1.82) is 0 Å². The standard InChI is InChI=1S/C13H16N6O2S/c1-13(2,3)11-16-17-12(19(11)14)22-7-9-15-10(18-21-9)8-5-4-6-20-8/h4-6H,7,14H2,1-3H3. The zero-order valence-corrected chi connectivity index (χ0v) is 13.3. The van der Waals surface area contributed by atoms with Crippen molar-refractivity contribution < 1.29 is 8.94 Å². The van der Waals surface area contributed by atoms with Crippen LogP contribution in [0.2, 0.25) is 0 Å². The summed E-state index contributed by atoms with van der Waals surface area (Å²) in [5, 5.41) is 12.7. The third kappa shape index (κ3) is 2.84. The molecule has 3 heterocycles. The van der Waals surface area contributed by atoms with Crippen LogP contribution in [-0.2, 0) is 11.2 Å². The molecule has 3 rings (SSSR count). The van der Waals surface area contributed by atoms with E-state index < -0.39 is 0 Å². The number of nitrogens with two attached hydrogens (primary N) is 1. The number of hydrogen-bond donors (Lipinski definition) is 1. The van der Waals surface area contributed by atoms with E-state index in [0.29, 0.717) is 28.4 Å². The molecule has 22 heavy (non-hydrogen) atoms. The number of furan rings is 1. The number of thioether (sulfide) groups is 1. The van der Waals surface area contributed by atoms with Crippen molar-refractivity contribution in [2.75, 3.05) is 5.84 Å². The van der Waals surface area contributed by atoms with Gasteiger partial charge in [0.05, 0.1) is 12.0 Å². The van der Waals surface area contributed by atoms with Gasteiger partial charge in [0.25, 0.3) is 0 Å². The molecule has 3 aromatic heterocycles. The van der Waals surface area contributed by atoms with Crippen LogP contribution < -0.4 is 5.84 Å². The third-order valence-electron chi connectivity index (χ3n) is 2.87. The lowest BCUT2D eigenvalue weighted by Crippen LogP contribution is -2.24. The molecule has 0 aliphatic carbocycles. The maximum absolute atomic E-state index is 6.03. The molecule has 0 fully saturated rings. The number of aromatic nitrogens is 5. The smallest absolute Gasteiger partial charge is 0.238 e. The SMILES string of the molecule is CC(C)(C)c1nnc(SCc2nc(-c3ccco3)no2)n1N. The fourth-order valence-corrected chi connectivity index (χ4v) is 2.53. The number of nitrogen functional groups attached to an aromatic ring is 1. The van der Waals surface area contributed by atoms with Crippen molar-refractivity contribution >= 4 is 11.8 Å². The molecule has 0 saturated carbocycles. The monoisotopic (exact) mass is 320 g/mol. The maximum atomic E-state index is 6.03. The zero-order chi connectivity index (χ0) is 15.7. The highest BCUT2D eigenvalue weighted by atomic mass is 32.2. The van der Waals surface area contributed by atoms with E-state index in [2.05, 4.69) is 20.3 Å². The van der Waals surface area contributed by atoms with Crippen LogP contribution in [0.3, 0.4) is 0 Å². The molecule has 0 saturated heterocycles. The summed E-state index contributed by atoms with van der Waals surface area (Å²) in [6.45, 7) is 6.09. The molecule has 0 spiro atoms. The van der Waals surface area contributed by atoms with Crippen LogP contribution >= 0.6 is 11.8 Å². The molecule has 0 bridgehead atoms. The lowest BCUT2D eigenvalue weighted by Gasteiger charge is -2.16. The first-order valence-electron chi connectivity index (χ1n) is 6.65. The van der Waals surface area contributed by atoms with Crippen LogP contribution in [0.5, 0.6) is 0 Å². The Labute approximate surface area is 131 Å². The first-order chi connectivity index (χ1) is 10.4. The molecule has 2 N–H and O–H groups in total. The van der Waals surface area contributed by atoms with Gasteiger partial charge in [-0.1, -0.05) is 37.7 Å². The van der Waals surface area contributed by atoms with E-state index in [1.807, 2.05) is 20.8 Å². The van der Waals surface area contributed by atoms with Gasteiger partial charge in [-0.25, -0.2) is 4.68 Å². The van der Waals surface area contributed by atoms with E-state index in [9.17, 15) is 0 Å². The maximum Gasteiger partial charge on any atom is 0.238 e. The van der Waals surface area contributed by atoms with Crippen LogP contribution in [0.25, 0.3) is 11.6 Å². The van der Waals surface area contributed by atoms with Crippen molar-refractivity contribution in [1.82, 2.24) is 25.0 Å². The predicted octanol–water partition coefficient (Wildman–Crippen LogP) is 2.22. The van der Waals surface area contributed by atoms with Gasteiger partial charge in [0.1, 0.15) is 0 Å². The minimum Gasteiger partial charge on any atom is -0.461 e. The molecule has 9 heteroatoms. The highest BCUT2D eigenvalue weighted by Crippen LogP contribution is 2.25. The second kappa shape index (κ2) is 5.48. The Morgan fingerprint density at radius 3 is 2.77 bits per heavy atom. The quantitative estimate of drug-likeness (QED) is 0.575. The summed E-state index contributed by atoms with van der Waals surface area (Å²) in [4.78, 5) is 4.26. The Bertz CT molecular complexity index is 756. The molecular formula is C13H16N6O2S. The van der Waals surface area contributed by atoms with Crippen molar-refractivity contribution in [2.45, 2.75) is 37.1 Å². The van der Waals surface area contributed by atoms with Crippen molar-refractivity contribution in [2.24, 2.45) is 0 Å². The lowest BCUT2D eigenvalue weighted by molar-refractivity contribution is 0.390. The Hall–Kier alpha value is -2.29. The molecule has 3 aromatic rings. The van der Waals surface area contributed by atoms with Crippen LogP contribution in [0, 0.1) is 0 Å². The molecule has 116 valence electrons. The summed E-state index contributed by atoms with van der Waals surface area (Å²) in [5.74, 6) is 8.65. The fourth-order valence-electron chi connectivity index (χ4n) is 1.83. The molecule has 0 radical (unpaired) electrons. The molecular weight excluding hydrogens is 304 g/mol. The van der Waals surface area contributed by atoms with Gasteiger partial charge in [-0.3, -0.25) is 0 Å². The Balaban J connectivity index is 1.70. The highest BCUT2D eigenvalue weighted by Gasteiger charge is 2.23. The first-order valence-corrected chi connectivity index (χ1v) is 7.64. The Kier molecular flexibility index (Phi) is 3.65. The average molecular weight is 320 g/mol. The fraction of sp³-hybridized carbons (Fsp3) is 0.385. The minimum absolute atomic E-state index is 0.169.